The SMILES string of the molecule is [C-]#[N+]CCOP1(=S)OCCn2c(nc3cnc(C4CC4)nc32)COP(O)(=S)O[C@@H]2[C@H](F)[C@@H](CO1)O[C@H]2n1cnc2c(=O)[nH]c(NC(=O)C(C)C)nc21. The van der Waals surface area contributed by atoms with E-state index in [9.17, 15) is 14.5 Å². The molecule has 2 fully saturated rings. The molecule has 6 atom stereocenters. The molecule has 7 rings (SSSR count). The number of fused-ring (bicyclic) bond motifs is 6. The Morgan fingerprint density at radius 3 is 2.79 bits per heavy atom. The third-order valence-corrected chi connectivity index (χ3v) is 12.2. The lowest BCUT2D eigenvalue weighted by Crippen LogP contribution is -2.32. The summed E-state index contributed by atoms with van der Waals surface area (Å²) in [6, 6.07) is 0. The minimum atomic E-state index is -4.26. The van der Waals surface area contributed by atoms with Gasteiger partial charge < -0.3 is 37.1 Å². The zero-order valence-electron chi connectivity index (χ0n) is 27.7. The van der Waals surface area contributed by atoms with Crippen LogP contribution in [0.3, 0.4) is 0 Å². The van der Waals surface area contributed by atoms with E-state index < -0.39 is 62.0 Å². The lowest BCUT2D eigenvalue weighted by atomic mass is 10.1. The molecule has 1 saturated heterocycles. The molecule has 19 nitrogen and oxygen atoms in total. The molecule has 6 heterocycles. The van der Waals surface area contributed by atoms with Gasteiger partial charge in [0.1, 0.15) is 42.6 Å². The first-order valence-electron chi connectivity index (χ1n) is 16.2. The number of nitrogens with zero attached hydrogens (tertiary/aromatic N) is 8. The van der Waals surface area contributed by atoms with E-state index in [-0.39, 0.29) is 55.9 Å². The number of halogens is 1. The van der Waals surface area contributed by atoms with E-state index in [0.717, 1.165) is 12.8 Å². The number of alkyl halides is 1. The summed E-state index contributed by atoms with van der Waals surface area (Å²) in [5.74, 6) is 0.194. The molecule has 2 bridgehead atoms. The van der Waals surface area contributed by atoms with Gasteiger partial charge >= 0.3 is 13.4 Å². The lowest BCUT2D eigenvalue weighted by molar-refractivity contribution is -0.118. The smallest absolute Gasteiger partial charge is 0.327 e. The number of nitrogens with one attached hydrogen (secondary N) is 2. The normalized spacial score (nSPS) is 28.7. The number of hydrogen-bond donors (Lipinski definition) is 3. The minimum Gasteiger partial charge on any atom is -0.346 e. The van der Waals surface area contributed by atoms with Gasteiger partial charge in [-0.2, -0.15) is 4.98 Å². The Morgan fingerprint density at radius 2 is 2.04 bits per heavy atom. The van der Waals surface area contributed by atoms with Gasteiger partial charge in [-0.3, -0.25) is 29.0 Å². The van der Waals surface area contributed by atoms with Crippen LogP contribution < -0.4 is 10.9 Å². The van der Waals surface area contributed by atoms with Crippen molar-refractivity contribution in [2.24, 2.45) is 5.92 Å². The highest BCUT2D eigenvalue weighted by Crippen LogP contribution is 2.53. The summed E-state index contributed by atoms with van der Waals surface area (Å²) in [6.07, 6.45) is -1.79. The Labute approximate surface area is 304 Å². The van der Waals surface area contributed by atoms with Crippen molar-refractivity contribution in [1.29, 1.82) is 0 Å². The first-order chi connectivity index (χ1) is 24.8. The number of rotatable bonds is 7. The highest BCUT2D eigenvalue weighted by Gasteiger charge is 2.50. The predicted octanol–water partition coefficient (Wildman–Crippen LogP) is 2.99. The fraction of sp³-hybridized carbons (Fsp3) is 0.571. The highest BCUT2D eigenvalue weighted by molar-refractivity contribution is 8.07. The van der Waals surface area contributed by atoms with Crippen LogP contribution in [0.15, 0.2) is 17.3 Å². The van der Waals surface area contributed by atoms with E-state index in [1.54, 1.807) is 24.6 Å². The van der Waals surface area contributed by atoms with Crippen molar-refractivity contribution in [3.05, 3.63) is 45.9 Å². The van der Waals surface area contributed by atoms with Gasteiger partial charge in [0, 0.05) is 18.4 Å². The molecule has 3 N–H and O–H groups in total. The Hall–Kier alpha value is -3.19. The highest BCUT2D eigenvalue weighted by atomic mass is 32.5. The zero-order valence-corrected chi connectivity index (χ0v) is 31.1. The summed E-state index contributed by atoms with van der Waals surface area (Å²) in [4.78, 5) is 64.6. The summed E-state index contributed by atoms with van der Waals surface area (Å²) in [5.41, 5.74) is 0.0215. The molecule has 3 aliphatic rings. The Bertz CT molecular complexity index is 2210. The first kappa shape index (κ1) is 37.1. The van der Waals surface area contributed by atoms with Gasteiger partial charge in [-0.05, 0) is 36.5 Å². The van der Waals surface area contributed by atoms with E-state index in [2.05, 4.69) is 35.1 Å². The van der Waals surface area contributed by atoms with Crippen molar-refractivity contribution in [3.8, 4) is 0 Å². The number of anilines is 1. The topological polar surface area (TPSA) is 216 Å². The number of carbonyl (C=O) groups excluding carboxylic acids is 1. The molecule has 2 unspecified atom stereocenters. The molecule has 4 aromatic heterocycles. The summed E-state index contributed by atoms with van der Waals surface area (Å²) in [5, 5.41) is 2.52. The average molecular weight is 799 g/mol. The maximum absolute atomic E-state index is 16.5. The van der Waals surface area contributed by atoms with Gasteiger partial charge in [0.2, 0.25) is 18.4 Å². The molecule has 0 radical (unpaired) electrons. The van der Waals surface area contributed by atoms with Crippen LogP contribution in [0.2, 0.25) is 0 Å². The summed E-state index contributed by atoms with van der Waals surface area (Å²) in [6.45, 7) is 1.67. The molecule has 4 aromatic rings. The second-order valence-electron chi connectivity index (χ2n) is 12.4. The second kappa shape index (κ2) is 14.9. The standard InChI is InChI=1S/C28H33FN10O9P2S2/c1-14(2)25(40)36-28-35-24-20(26(41)37-28)32-13-39(24)27-21-19(29)17(47-27)11-46-50(52,43-8-6-30-3)44-9-7-38-18(12-45-49(42,51)48-21)33-16-10-31-22(15-4-5-15)34-23(16)38/h10,13-15,17,19,21,27H,4-9,11-12H2,1-2H3,(H,42,51)(H2,35,36,37,40,41)/t17-,19-,21-,27-,49?,50?/m1/s1. The van der Waals surface area contributed by atoms with Crippen molar-refractivity contribution < 1.29 is 41.4 Å². The number of ether oxygens (including phenoxy) is 1. The van der Waals surface area contributed by atoms with Gasteiger partial charge in [-0.15, -0.1) is 0 Å². The molecule has 1 amide bonds. The quantitative estimate of drug-likeness (QED) is 0.139. The predicted molar refractivity (Wildman–Crippen MR) is 187 cm³/mol. The molecule has 0 aromatic carbocycles. The fourth-order valence-electron chi connectivity index (χ4n) is 5.50. The van der Waals surface area contributed by atoms with E-state index in [4.69, 9.17) is 62.5 Å². The van der Waals surface area contributed by atoms with Crippen LogP contribution in [0.5, 0.6) is 0 Å². The van der Waals surface area contributed by atoms with E-state index in [1.165, 1.54) is 10.9 Å². The Kier molecular flexibility index (Phi) is 10.7. The van der Waals surface area contributed by atoms with Crippen molar-refractivity contribution in [2.45, 2.75) is 70.4 Å². The molecule has 2 aliphatic heterocycles. The summed E-state index contributed by atoms with van der Waals surface area (Å²) < 4.78 is 54.7. The van der Waals surface area contributed by atoms with Crippen LogP contribution >= 0.6 is 13.4 Å². The molecule has 278 valence electrons. The fourth-order valence-corrected chi connectivity index (χ4v) is 8.62. The first-order valence-corrected chi connectivity index (χ1v) is 21.3. The number of aromatic amines is 1. The number of carbonyl (C=O) groups is 1. The van der Waals surface area contributed by atoms with Crippen LogP contribution in [-0.2, 0) is 68.9 Å². The van der Waals surface area contributed by atoms with Gasteiger partial charge in [0.05, 0.1) is 25.7 Å². The Balaban J connectivity index is 1.25. The molecule has 52 heavy (non-hydrogen) atoms. The number of aromatic nitrogens is 8. The molecule has 1 aliphatic carbocycles. The average Bonchev–Trinajstić information content (AvgIpc) is 3.68. The van der Waals surface area contributed by atoms with Gasteiger partial charge in [-0.25, -0.2) is 30.9 Å². The van der Waals surface area contributed by atoms with Gasteiger partial charge in [0.25, 0.3) is 5.56 Å². The van der Waals surface area contributed by atoms with E-state index >= 15 is 4.39 Å². The third kappa shape index (κ3) is 7.86. The number of imidazole rings is 2. The molecule has 24 heteroatoms. The van der Waals surface area contributed by atoms with E-state index in [0.29, 0.717) is 22.8 Å². The number of hydrogen-bond acceptors (Lipinski definition) is 15. The lowest BCUT2D eigenvalue weighted by Gasteiger charge is -2.25. The van der Waals surface area contributed by atoms with Crippen LogP contribution in [0.4, 0.5) is 10.3 Å². The summed E-state index contributed by atoms with van der Waals surface area (Å²) >= 11 is 11.0. The number of H-pyrrole nitrogens is 1. The van der Waals surface area contributed by atoms with Crippen LogP contribution in [0.25, 0.3) is 27.2 Å². The van der Waals surface area contributed by atoms with Crippen LogP contribution in [0.1, 0.15) is 50.5 Å². The monoisotopic (exact) mass is 798 g/mol. The van der Waals surface area contributed by atoms with Crippen molar-refractivity contribution in [2.75, 3.05) is 31.7 Å². The molecule has 0 spiro atoms. The largest absolute Gasteiger partial charge is 0.346 e. The summed E-state index contributed by atoms with van der Waals surface area (Å²) in [7, 11) is 0. The third-order valence-electron chi connectivity index (χ3n) is 8.29. The minimum absolute atomic E-state index is 0.0240. The van der Waals surface area contributed by atoms with Gasteiger partial charge in [0.15, 0.2) is 29.2 Å². The maximum Gasteiger partial charge on any atom is 0.327 e. The number of amides is 1. The maximum atomic E-state index is 16.5. The van der Waals surface area contributed by atoms with Crippen molar-refractivity contribution in [3.63, 3.8) is 0 Å². The Morgan fingerprint density at radius 1 is 1.23 bits per heavy atom. The van der Waals surface area contributed by atoms with Crippen LogP contribution in [-0.4, -0.2) is 94.6 Å². The van der Waals surface area contributed by atoms with Crippen LogP contribution in [0, 0.1) is 12.5 Å². The van der Waals surface area contributed by atoms with Gasteiger partial charge in [-0.1, -0.05) is 13.8 Å². The van der Waals surface area contributed by atoms with E-state index in [1.807, 2.05) is 0 Å². The van der Waals surface area contributed by atoms with Crippen molar-refractivity contribution in [1.82, 2.24) is 39.0 Å². The molecular weight excluding hydrogens is 765 g/mol. The zero-order chi connectivity index (χ0) is 36.8. The van der Waals surface area contributed by atoms with Crippen molar-refractivity contribution >= 4 is 71.2 Å². The second-order valence-corrected chi connectivity index (χ2v) is 18.2. The molecule has 1 saturated carbocycles. The molecular formula is C28H33FN10O9P2S2.